The number of ether oxygens (including phenoxy) is 1. The monoisotopic (exact) mass is 255 g/mol. The number of hydrogen-bond acceptors (Lipinski definition) is 4. The van der Waals surface area contributed by atoms with Crippen molar-refractivity contribution in [2.75, 3.05) is 53.5 Å². The van der Waals surface area contributed by atoms with E-state index < -0.39 is 0 Å². The standard InChI is InChI=1S/C14H29N3O/c1-4-17-7-5-6-13(17)9-16(3)8-12-10-18-11-14(12)15-2/h12-15H,4-11H2,1-3H3. The topological polar surface area (TPSA) is 27.7 Å². The lowest BCUT2D eigenvalue weighted by Gasteiger charge is -2.30. The summed E-state index contributed by atoms with van der Waals surface area (Å²) in [5.41, 5.74) is 0. The van der Waals surface area contributed by atoms with E-state index in [9.17, 15) is 0 Å². The van der Waals surface area contributed by atoms with Crippen molar-refractivity contribution in [1.29, 1.82) is 0 Å². The predicted molar refractivity (Wildman–Crippen MR) is 74.9 cm³/mol. The van der Waals surface area contributed by atoms with Gasteiger partial charge in [0.05, 0.1) is 13.2 Å². The number of hydrogen-bond donors (Lipinski definition) is 1. The number of likely N-dealkylation sites (N-methyl/N-ethyl adjacent to an activating group) is 3. The molecule has 0 aromatic heterocycles. The maximum Gasteiger partial charge on any atom is 0.0623 e. The molecule has 0 bridgehead atoms. The van der Waals surface area contributed by atoms with Gasteiger partial charge in [-0.2, -0.15) is 0 Å². The number of likely N-dealkylation sites (tertiary alicyclic amines) is 1. The van der Waals surface area contributed by atoms with Crippen molar-refractivity contribution in [3.05, 3.63) is 0 Å². The van der Waals surface area contributed by atoms with Crippen LogP contribution in [0.2, 0.25) is 0 Å². The fourth-order valence-corrected chi connectivity index (χ4v) is 3.45. The maximum absolute atomic E-state index is 5.57. The highest BCUT2D eigenvalue weighted by Crippen LogP contribution is 2.19. The highest BCUT2D eigenvalue weighted by atomic mass is 16.5. The van der Waals surface area contributed by atoms with E-state index in [2.05, 4.69) is 29.1 Å². The van der Waals surface area contributed by atoms with Gasteiger partial charge < -0.3 is 15.0 Å². The number of nitrogens with one attached hydrogen (secondary N) is 1. The third-order valence-corrected chi connectivity index (χ3v) is 4.54. The quantitative estimate of drug-likeness (QED) is 0.754. The van der Waals surface area contributed by atoms with Gasteiger partial charge in [0.2, 0.25) is 0 Å². The second-order valence-corrected chi connectivity index (χ2v) is 5.84. The predicted octanol–water partition coefficient (Wildman–Crippen LogP) is 0.637. The summed E-state index contributed by atoms with van der Waals surface area (Å²) >= 11 is 0. The van der Waals surface area contributed by atoms with Gasteiger partial charge in [-0.3, -0.25) is 4.90 Å². The van der Waals surface area contributed by atoms with Crippen molar-refractivity contribution >= 4 is 0 Å². The van der Waals surface area contributed by atoms with E-state index in [0.29, 0.717) is 12.0 Å². The van der Waals surface area contributed by atoms with E-state index in [0.717, 1.165) is 25.8 Å². The fraction of sp³-hybridized carbons (Fsp3) is 1.00. The van der Waals surface area contributed by atoms with Crippen molar-refractivity contribution in [1.82, 2.24) is 15.1 Å². The molecule has 2 heterocycles. The van der Waals surface area contributed by atoms with Gasteiger partial charge in [-0.25, -0.2) is 0 Å². The molecule has 0 aliphatic carbocycles. The summed E-state index contributed by atoms with van der Waals surface area (Å²) in [5.74, 6) is 0.650. The summed E-state index contributed by atoms with van der Waals surface area (Å²) < 4.78 is 5.57. The molecule has 2 aliphatic rings. The van der Waals surface area contributed by atoms with E-state index in [-0.39, 0.29) is 0 Å². The second-order valence-electron chi connectivity index (χ2n) is 5.84. The van der Waals surface area contributed by atoms with Gasteiger partial charge in [0, 0.05) is 31.1 Å². The first-order chi connectivity index (χ1) is 8.74. The molecule has 0 saturated carbocycles. The molecule has 1 N–H and O–H groups in total. The Morgan fingerprint density at radius 3 is 2.89 bits per heavy atom. The van der Waals surface area contributed by atoms with E-state index in [1.165, 1.54) is 32.5 Å². The van der Waals surface area contributed by atoms with Crippen molar-refractivity contribution in [3.8, 4) is 0 Å². The minimum Gasteiger partial charge on any atom is -0.379 e. The summed E-state index contributed by atoms with van der Waals surface area (Å²) in [6, 6.07) is 1.31. The first-order valence-corrected chi connectivity index (χ1v) is 7.42. The summed E-state index contributed by atoms with van der Waals surface area (Å²) in [7, 11) is 4.30. The summed E-state index contributed by atoms with van der Waals surface area (Å²) in [5, 5.41) is 3.37. The van der Waals surface area contributed by atoms with Crippen LogP contribution in [0.15, 0.2) is 0 Å². The third-order valence-electron chi connectivity index (χ3n) is 4.54. The molecule has 2 aliphatic heterocycles. The van der Waals surface area contributed by atoms with Gasteiger partial charge in [-0.1, -0.05) is 6.92 Å². The molecule has 0 radical (unpaired) electrons. The minimum atomic E-state index is 0.540. The average molecular weight is 255 g/mol. The van der Waals surface area contributed by atoms with Gasteiger partial charge in [0.15, 0.2) is 0 Å². The van der Waals surface area contributed by atoms with Crippen LogP contribution >= 0.6 is 0 Å². The van der Waals surface area contributed by atoms with Crippen LogP contribution in [-0.4, -0.2) is 75.4 Å². The average Bonchev–Trinajstić information content (AvgIpc) is 2.97. The van der Waals surface area contributed by atoms with Crippen molar-refractivity contribution in [2.45, 2.75) is 31.8 Å². The zero-order valence-corrected chi connectivity index (χ0v) is 12.2. The molecular formula is C14H29N3O. The van der Waals surface area contributed by atoms with Crippen molar-refractivity contribution in [3.63, 3.8) is 0 Å². The Bertz CT molecular complexity index is 225. The molecule has 0 amide bonds. The lowest BCUT2D eigenvalue weighted by molar-refractivity contribution is 0.158. The number of nitrogens with zero attached hydrogens (tertiary/aromatic N) is 2. The molecule has 3 unspecified atom stereocenters. The van der Waals surface area contributed by atoms with E-state index >= 15 is 0 Å². The largest absolute Gasteiger partial charge is 0.379 e. The zero-order valence-electron chi connectivity index (χ0n) is 12.2. The maximum atomic E-state index is 5.57. The molecule has 3 atom stereocenters. The summed E-state index contributed by atoms with van der Waals surface area (Å²) in [6.45, 7) is 8.92. The van der Waals surface area contributed by atoms with Crippen LogP contribution in [0.5, 0.6) is 0 Å². The molecule has 0 aromatic rings. The fourth-order valence-electron chi connectivity index (χ4n) is 3.45. The van der Waals surface area contributed by atoms with Crippen LogP contribution in [0.4, 0.5) is 0 Å². The molecule has 2 rings (SSSR count). The van der Waals surface area contributed by atoms with Gasteiger partial charge in [0.25, 0.3) is 0 Å². The van der Waals surface area contributed by atoms with Crippen LogP contribution in [0.25, 0.3) is 0 Å². The van der Waals surface area contributed by atoms with E-state index in [1.54, 1.807) is 0 Å². The molecule has 18 heavy (non-hydrogen) atoms. The molecule has 4 nitrogen and oxygen atoms in total. The Morgan fingerprint density at radius 2 is 2.17 bits per heavy atom. The van der Waals surface area contributed by atoms with E-state index in [4.69, 9.17) is 4.74 Å². The number of rotatable bonds is 6. The first kappa shape index (κ1) is 14.3. The highest BCUT2D eigenvalue weighted by Gasteiger charge is 2.29. The van der Waals surface area contributed by atoms with Crippen molar-refractivity contribution < 1.29 is 4.74 Å². The smallest absolute Gasteiger partial charge is 0.0623 e. The lowest BCUT2D eigenvalue weighted by Crippen LogP contribution is -2.43. The van der Waals surface area contributed by atoms with Gasteiger partial charge in [0.1, 0.15) is 0 Å². The van der Waals surface area contributed by atoms with Crippen LogP contribution < -0.4 is 5.32 Å². The Balaban J connectivity index is 1.76. The molecule has 2 fully saturated rings. The van der Waals surface area contributed by atoms with Crippen LogP contribution in [0.3, 0.4) is 0 Å². The Labute approximate surface area is 112 Å². The van der Waals surface area contributed by atoms with E-state index in [1.807, 2.05) is 7.05 Å². The summed E-state index contributed by atoms with van der Waals surface area (Å²) in [6.07, 6.45) is 2.74. The van der Waals surface area contributed by atoms with Crippen LogP contribution in [-0.2, 0) is 4.74 Å². The Hall–Kier alpha value is -0.160. The summed E-state index contributed by atoms with van der Waals surface area (Å²) in [4.78, 5) is 5.12. The Kier molecular flexibility index (Phi) is 5.42. The van der Waals surface area contributed by atoms with Crippen molar-refractivity contribution in [2.24, 2.45) is 5.92 Å². The zero-order chi connectivity index (χ0) is 13.0. The first-order valence-electron chi connectivity index (χ1n) is 7.42. The Morgan fingerprint density at radius 1 is 1.33 bits per heavy atom. The van der Waals surface area contributed by atoms with Gasteiger partial charge in [-0.15, -0.1) is 0 Å². The van der Waals surface area contributed by atoms with Crippen LogP contribution in [0, 0.1) is 5.92 Å². The van der Waals surface area contributed by atoms with Crippen LogP contribution in [0.1, 0.15) is 19.8 Å². The molecular weight excluding hydrogens is 226 g/mol. The minimum absolute atomic E-state index is 0.540. The molecule has 2 saturated heterocycles. The molecule has 4 heteroatoms. The highest BCUT2D eigenvalue weighted by molar-refractivity contribution is 4.85. The normalized spacial score (nSPS) is 33.7. The lowest BCUT2D eigenvalue weighted by atomic mass is 10.0. The second kappa shape index (κ2) is 6.85. The molecule has 106 valence electrons. The third kappa shape index (κ3) is 3.44. The van der Waals surface area contributed by atoms with Gasteiger partial charge in [-0.05, 0) is 40.0 Å². The SMILES string of the molecule is CCN1CCCC1CN(C)CC1COCC1NC. The molecule has 0 aromatic carbocycles. The van der Waals surface area contributed by atoms with Gasteiger partial charge >= 0.3 is 0 Å². The molecule has 0 spiro atoms.